The number of H-pyrrole nitrogens is 1. The van der Waals surface area contributed by atoms with Crippen LogP contribution in [-0.4, -0.2) is 32.2 Å². The highest BCUT2D eigenvalue weighted by Crippen LogP contribution is 2.22. The van der Waals surface area contributed by atoms with Gasteiger partial charge in [-0.05, 0) is 53.5 Å². The SMILES string of the molecule is CC1=NN(c2nn[nH]n2)C(=O)/C1=C\c1cccc(Cc2ccc(F)cc2)c1. The van der Waals surface area contributed by atoms with E-state index in [1.807, 2.05) is 24.3 Å². The van der Waals surface area contributed by atoms with Crippen LogP contribution in [0.3, 0.4) is 0 Å². The highest BCUT2D eigenvalue weighted by molar-refractivity contribution is 6.31. The van der Waals surface area contributed by atoms with E-state index in [1.165, 1.54) is 12.1 Å². The second-order valence-electron chi connectivity index (χ2n) is 6.12. The minimum Gasteiger partial charge on any atom is -0.267 e. The van der Waals surface area contributed by atoms with Crippen molar-refractivity contribution in [2.24, 2.45) is 5.10 Å². The standard InChI is InChI=1S/C19H15FN6O/c1-12-17(18(27)26(23-12)19-21-24-25-22-19)11-15-4-2-3-14(10-15)9-13-5-7-16(20)8-6-13/h2-8,10-11H,9H2,1H3,(H,21,22,24,25)/b17-11-. The Kier molecular flexibility index (Phi) is 4.29. The van der Waals surface area contributed by atoms with Crippen molar-refractivity contribution in [1.82, 2.24) is 20.6 Å². The quantitative estimate of drug-likeness (QED) is 0.723. The molecule has 0 spiro atoms. The van der Waals surface area contributed by atoms with Crippen LogP contribution in [0.15, 0.2) is 59.2 Å². The van der Waals surface area contributed by atoms with E-state index in [-0.39, 0.29) is 17.7 Å². The molecule has 1 aromatic heterocycles. The topological polar surface area (TPSA) is 87.1 Å². The number of carbonyl (C=O) groups is 1. The average molecular weight is 362 g/mol. The molecule has 7 nitrogen and oxygen atoms in total. The van der Waals surface area contributed by atoms with Crippen molar-refractivity contribution in [3.05, 3.63) is 76.6 Å². The summed E-state index contributed by atoms with van der Waals surface area (Å²) < 4.78 is 13.1. The first-order valence-corrected chi connectivity index (χ1v) is 8.29. The normalized spacial score (nSPS) is 15.5. The van der Waals surface area contributed by atoms with Gasteiger partial charge >= 0.3 is 0 Å². The average Bonchev–Trinajstić information content (AvgIpc) is 3.28. The van der Waals surface area contributed by atoms with Crippen LogP contribution in [0.25, 0.3) is 6.08 Å². The molecule has 8 heteroatoms. The monoisotopic (exact) mass is 362 g/mol. The van der Waals surface area contributed by atoms with Gasteiger partial charge in [-0.15, -0.1) is 5.10 Å². The molecular weight excluding hydrogens is 347 g/mol. The van der Waals surface area contributed by atoms with E-state index in [9.17, 15) is 9.18 Å². The number of benzene rings is 2. The van der Waals surface area contributed by atoms with E-state index in [0.29, 0.717) is 17.7 Å². The van der Waals surface area contributed by atoms with Gasteiger partial charge in [-0.1, -0.05) is 41.5 Å². The molecule has 0 atom stereocenters. The zero-order valence-electron chi connectivity index (χ0n) is 14.4. The zero-order valence-corrected chi connectivity index (χ0v) is 14.4. The predicted molar refractivity (Wildman–Crippen MR) is 98.4 cm³/mol. The fraction of sp³-hybridized carbons (Fsp3) is 0.105. The maximum atomic E-state index is 13.1. The van der Waals surface area contributed by atoms with E-state index in [0.717, 1.165) is 21.7 Å². The molecular formula is C19H15FN6O. The molecule has 0 aliphatic carbocycles. The lowest BCUT2D eigenvalue weighted by Crippen LogP contribution is -2.22. The lowest BCUT2D eigenvalue weighted by Gasteiger charge is -2.06. The number of tetrazole rings is 1. The van der Waals surface area contributed by atoms with Crippen LogP contribution in [-0.2, 0) is 11.2 Å². The molecule has 0 unspecified atom stereocenters. The molecule has 1 N–H and O–H groups in total. The van der Waals surface area contributed by atoms with E-state index in [1.54, 1.807) is 25.1 Å². The number of nitrogens with one attached hydrogen (secondary N) is 1. The molecule has 2 heterocycles. The second-order valence-corrected chi connectivity index (χ2v) is 6.12. The molecule has 1 amide bonds. The number of hydrogen-bond donors (Lipinski definition) is 1. The van der Waals surface area contributed by atoms with Crippen LogP contribution in [0.2, 0.25) is 0 Å². The summed E-state index contributed by atoms with van der Waals surface area (Å²) in [6, 6.07) is 14.3. The highest BCUT2D eigenvalue weighted by atomic mass is 19.1. The number of amides is 1. The molecule has 27 heavy (non-hydrogen) atoms. The van der Waals surface area contributed by atoms with Gasteiger partial charge < -0.3 is 0 Å². The van der Waals surface area contributed by atoms with E-state index >= 15 is 0 Å². The van der Waals surface area contributed by atoms with Crippen LogP contribution in [0.4, 0.5) is 10.3 Å². The number of aromatic nitrogens is 4. The Hall–Kier alpha value is -3.68. The number of carbonyl (C=O) groups excluding carboxylic acids is 1. The van der Waals surface area contributed by atoms with Crippen molar-refractivity contribution in [2.75, 3.05) is 5.01 Å². The lowest BCUT2D eigenvalue weighted by molar-refractivity contribution is -0.114. The fourth-order valence-electron chi connectivity index (χ4n) is 2.86. The van der Waals surface area contributed by atoms with Gasteiger partial charge in [-0.3, -0.25) is 4.79 Å². The van der Waals surface area contributed by atoms with Crippen molar-refractivity contribution in [2.45, 2.75) is 13.3 Å². The molecule has 0 radical (unpaired) electrons. The van der Waals surface area contributed by atoms with Gasteiger partial charge in [0.2, 0.25) is 0 Å². The van der Waals surface area contributed by atoms with E-state index in [2.05, 4.69) is 25.7 Å². The van der Waals surface area contributed by atoms with Gasteiger partial charge in [-0.2, -0.15) is 15.3 Å². The van der Waals surface area contributed by atoms with Gasteiger partial charge in [0.25, 0.3) is 11.9 Å². The number of rotatable bonds is 4. The molecule has 3 aromatic rings. The summed E-state index contributed by atoms with van der Waals surface area (Å²) in [5.74, 6) is -0.455. The Morgan fingerprint density at radius 2 is 1.96 bits per heavy atom. The third kappa shape index (κ3) is 3.50. The molecule has 4 rings (SSSR count). The van der Waals surface area contributed by atoms with Crippen LogP contribution >= 0.6 is 0 Å². The van der Waals surface area contributed by atoms with Crippen molar-refractivity contribution in [3.8, 4) is 0 Å². The zero-order chi connectivity index (χ0) is 18.8. The first kappa shape index (κ1) is 16.8. The molecule has 2 aromatic carbocycles. The van der Waals surface area contributed by atoms with Gasteiger partial charge in [0, 0.05) is 0 Å². The summed E-state index contributed by atoms with van der Waals surface area (Å²) >= 11 is 0. The molecule has 0 saturated heterocycles. The fourth-order valence-corrected chi connectivity index (χ4v) is 2.86. The predicted octanol–water partition coefficient (Wildman–Crippen LogP) is 2.74. The molecule has 134 valence electrons. The lowest BCUT2D eigenvalue weighted by atomic mass is 10.0. The summed E-state index contributed by atoms with van der Waals surface area (Å²) in [7, 11) is 0. The smallest absolute Gasteiger partial charge is 0.267 e. The number of hydrazone groups is 1. The number of hydrogen-bond acceptors (Lipinski definition) is 5. The third-order valence-corrected chi connectivity index (χ3v) is 4.17. The van der Waals surface area contributed by atoms with Gasteiger partial charge in [-0.25, -0.2) is 4.39 Å². The van der Waals surface area contributed by atoms with E-state index < -0.39 is 0 Å². The second kappa shape index (κ2) is 6.91. The van der Waals surface area contributed by atoms with Crippen LogP contribution in [0.5, 0.6) is 0 Å². The van der Waals surface area contributed by atoms with Crippen molar-refractivity contribution in [3.63, 3.8) is 0 Å². The first-order valence-electron chi connectivity index (χ1n) is 8.29. The van der Waals surface area contributed by atoms with Crippen LogP contribution in [0, 0.1) is 5.82 Å². The Balaban J connectivity index is 1.58. The molecule has 0 bridgehead atoms. The Bertz CT molecular complexity index is 1040. The van der Waals surface area contributed by atoms with Crippen molar-refractivity contribution < 1.29 is 9.18 Å². The maximum Gasteiger partial charge on any atom is 0.293 e. The molecule has 1 aliphatic heterocycles. The summed E-state index contributed by atoms with van der Waals surface area (Å²) in [6.07, 6.45) is 2.46. The van der Waals surface area contributed by atoms with Crippen LogP contribution < -0.4 is 5.01 Å². The number of aromatic amines is 1. The Morgan fingerprint density at radius 3 is 2.70 bits per heavy atom. The number of anilines is 1. The Morgan fingerprint density at radius 1 is 1.15 bits per heavy atom. The molecule has 0 fully saturated rings. The van der Waals surface area contributed by atoms with Gasteiger partial charge in [0.15, 0.2) is 0 Å². The number of halogens is 1. The largest absolute Gasteiger partial charge is 0.293 e. The summed E-state index contributed by atoms with van der Waals surface area (Å²) in [5, 5.41) is 18.6. The minimum absolute atomic E-state index is 0.104. The van der Waals surface area contributed by atoms with Crippen LogP contribution in [0.1, 0.15) is 23.6 Å². The van der Waals surface area contributed by atoms with Crippen molar-refractivity contribution >= 4 is 23.6 Å². The Labute approximate surface area is 154 Å². The molecule has 0 saturated carbocycles. The van der Waals surface area contributed by atoms with Crippen molar-refractivity contribution in [1.29, 1.82) is 0 Å². The van der Waals surface area contributed by atoms with Gasteiger partial charge in [0.1, 0.15) is 5.82 Å². The van der Waals surface area contributed by atoms with Gasteiger partial charge in [0.05, 0.1) is 11.3 Å². The summed E-state index contributed by atoms with van der Waals surface area (Å²) in [6.45, 7) is 1.76. The first-order chi connectivity index (χ1) is 13.1. The summed E-state index contributed by atoms with van der Waals surface area (Å²) in [5.41, 5.74) is 4.00. The highest BCUT2D eigenvalue weighted by Gasteiger charge is 2.31. The summed E-state index contributed by atoms with van der Waals surface area (Å²) in [4.78, 5) is 12.6. The number of nitrogens with zero attached hydrogens (tertiary/aromatic N) is 5. The third-order valence-electron chi connectivity index (χ3n) is 4.17. The molecule has 1 aliphatic rings. The minimum atomic E-state index is -0.308. The van der Waals surface area contributed by atoms with E-state index in [4.69, 9.17) is 0 Å². The maximum absolute atomic E-state index is 13.1.